The van der Waals surface area contributed by atoms with Gasteiger partial charge in [0, 0.05) is 32.1 Å². The normalized spacial score (nSPS) is 10.9. The molecule has 2 rings (SSSR count). The van der Waals surface area contributed by atoms with Crippen LogP contribution in [-0.4, -0.2) is 30.3 Å². The van der Waals surface area contributed by atoms with E-state index in [1.165, 1.54) is 0 Å². The van der Waals surface area contributed by atoms with Crippen molar-refractivity contribution in [2.75, 3.05) is 19.0 Å². The summed E-state index contributed by atoms with van der Waals surface area (Å²) in [6, 6.07) is 9.53. The molecule has 1 aromatic carbocycles. The number of hydrogen-bond acceptors (Lipinski definition) is 4. The van der Waals surface area contributed by atoms with Crippen molar-refractivity contribution in [3.05, 3.63) is 46.3 Å². The molecular formula is C13H12Cl2N4. The van der Waals surface area contributed by atoms with Crippen LogP contribution >= 0.6 is 23.2 Å². The first-order chi connectivity index (χ1) is 9.04. The SMILES string of the molecule is CN(C)c1ccc(/C=N/c2cc(Cl)nc(Cl)n2)cc1. The molecule has 0 spiro atoms. The fourth-order valence-electron chi connectivity index (χ4n) is 1.44. The Morgan fingerprint density at radius 2 is 1.79 bits per heavy atom. The van der Waals surface area contributed by atoms with Crippen LogP contribution in [0.3, 0.4) is 0 Å². The van der Waals surface area contributed by atoms with E-state index >= 15 is 0 Å². The lowest BCUT2D eigenvalue weighted by Crippen LogP contribution is -2.08. The third-order valence-electron chi connectivity index (χ3n) is 2.41. The van der Waals surface area contributed by atoms with Gasteiger partial charge in [0.05, 0.1) is 0 Å². The van der Waals surface area contributed by atoms with E-state index in [-0.39, 0.29) is 10.4 Å². The van der Waals surface area contributed by atoms with Crippen molar-refractivity contribution in [2.45, 2.75) is 0 Å². The first-order valence-corrected chi connectivity index (χ1v) is 6.32. The fraction of sp³-hybridized carbons (Fsp3) is 0.154. The second kappa shape index (κ2) is 5.99. The molecule has 0 aliphatic rings. The summed E-state index contributed by atoms with van der Waals surface area (Å²) < 4.78 is 0. The highest BCUT2D eigenvalue weighted by Gasteiger charge is 1.99. The van der Waals surface area contributed by atoms with Crippen molar-refractivity contribution < 1.29 is 0 Å². The van der Waals surface area contributed by atoms with E-state index in [1.54, 1.807) is 12.3 Å². The molecule has 0 unspecified atom stereocenters. The quantitative estimate of drug-likeness (QED) is 0.493. The van der Waals surface area contributed by atoms with E-state index in [1.807, 2.05) is 43.3 Å². The summed E-state index contributed by atoms with van der Waals surface area (Å²) in [6.45, 7) is 0. The van der Waals surface area contributed by atoms with Gasteiger partial charge in [-0.3, -0.25) is 0 Å². The van der Waals surface area contributed by atoms with Crippen LogP contribution in [-0.2, 0) is 0 Å². The molecular weight excluding hydrogens is 283 g/mol. The molecule has 0 atom stereocenters. The molecule has 98 valence electrons. The van der Waals surface area contributed by atoms with Crippen LogP contribution in [0, 0.1) is 0 Å². The Morgan fingerprint density at radius 3 is 2.37 bits per heavy atom. The van der Waals surface area contributed by atoms with Crippen LogP contribution in [0.4, 0.5) is 11.5 Å². The topological polar surface area (TPSA) is 41.4 Å². The van der Waals surface area contributed by atoms with E-state index in [0.717, 1.165) is 11.3 Å². The Hall–Kier alpha value is -1.65. The summed E-state index contributed by atoms with van der Waals surface area (Å²) in [6.07, 6.45) is 1.70. The zero-order valence-corrected chi connectivity index (χ0v) is 12.0. The first kappa shape index (κ1) is 13.8. The van der Waals surface area contributed by atoms with Crippen molar-refractivity contribution in [1.29, 1.82) is 0 Å². The molecule has 0 radical (unpaired) electrons. The highest BCUT2D eigenvalue weighted by atomic mass is 35.5. The van der Waals surface area contributed by atoms with Crippen molar-refractivity contribution >= 4 is 40.9 Å². The van der Waals surface area contributed by atoms with Gasteiger partial charge in [0.2, 0.25) is 5.28 Å². The van der Waals surface area contributed by atoms with Crippen LogP contribution < -0.4 is 4.90 Å². The third-order valence-corrected chi connectivity index (χ3v) is 2.77. The van der Waals surface area contributed by atoms with E-state index in [2.05, 4.69) is 15.0 Å². The van der Waals surface area contributed by atoms with E-state index in [4.69, 9.17) is 23.2 Å². The van der Waals surface area contributed by atoms with Gasteiger partial charge in [0.15, 0.2) is 5.82 Å². The van der Waals surface area contributed by atoms with Crippen LogP contribution in [0.1, 0.15) is 5.56 Å². The number of nitrogens with zero attached hydrogens (tertiary/aromatic N) is 4. The molecule has 2 aromatic rings. The maximum atomic E-state index is 5.77. The standard InChI is InChI=1S/C13H12Cl2N4/c1-19(2)10-5-3-9(4-6-10)8-16-12-7-11(14)17-13(15)18-12/h3-8H,1-2H3/b16-8+. The Labute approximate surface area is 121 Å². The van der Waals surface area contributed by atoms with Crippen LogP contribution in [0.2, 0.25) is 10.4 Å². The summed E-state index contributed by atoms with van der Waals surface area (Å²) in [5.41, 5.74) is 2.10. The lowest BCUT2D eigenvalue weighted by atomic mass is 10.2. The van der Waals surface area contributed by atoms with Gasteiger partial charge in [-0.1, -0.05) is 23.7 Å². The van der Waals surface area contributed by atoms with Crippen molar-refractivity contribution in [3.63, 3.8) is 0 Å². The number of halogens is 2. The minimum atomic E-state index is 0.0857. The second-order valence-electron chi connectivity index (χ2n) is 4.06. The van der Waals surface area contributed by atoms with Gasteiger partial charge in [0.25, 0.3) is 0 Å². The van der Waals surface area contributed by atoms with Gasteiger partial charge in [-0.15, -0.1) is 0 Å². The Bertz CT molecular complexity index is 574. The highest BCUT2D eigenvalue weighted by Crippen LogP contribution is 2.17. The Kier molecular flexibility index (Phi) is 4.35. The van der Waals surface area contributed by atoms with Crippen LogP contribution in [0.5, 0.6) is 0 Å². The van der Waals surface area contributed by atoms with Crippen LogP contribution in [0.15, 0.2) is 35.3 Å². The summed E-state index contributed by atoms with van der Waals surface area (Å²) in [5.74, 6) is 0.432. The molecule has 0 aliphatic carbocycles. The number of anilines is 1. The van der Waals surface area contributed by atoms with Gasteiger partial charge in [-0.25, -0.2) is 9.98 Å². The van der Waals surface area contributed by atoms with Gasteiger partial charge < -0.3 is 4.90 Å². The van der Waals surface area contributed by atoms with Crippen molar-refractivity contribution in [2.24, 2.45) is 4.99 Å². The molecule has 0 bridgehead atoms. The number of aromatic nitrogens is 2. The predicted octanol–water partition coefficient (Wildman–Crippen LogP) is 3.60. The monoisotopic (exact) mass is 294 g/mol. The van der Waals surface area contributed by atoms with Crippen molar-refractivity contribution in [3.8, 4) is 0 Å². The van der Waals surface area contributed by atoms with E-state index in [0.29, 0.717) is 5.82 Å². The summed E-state index contributed by atoms with van der Waals surface area (Å²) in [5, 5.41) is 0.359. The Morgan fingerprint density at radius 1 is 1.11 bits per heavy atom. The minimum absolute atomic E-state index is 0.0857. The number of benzene rings is 1. The lowest BCUT2D eigenvalue weighted by molar-refractivity contribution is 1.13. The predicted molar refractivity (Wildman–Crippen MR) is 80.1 cm³/mol. The van der Waals surface area contributed by atoms with Gasteiger partial charge >= 0.3 is 0 Å². The van der Waals surface area contributed by atoms with Gasteiger partial charge in [-0.2, -0.15) is 4.98 Å². The molecule has 6 heteroatoms. The van der Waals surface area contributed by atoms with Crippen molar-refractivity contribution in [1.82, 2.24) is 9.97 Å². The van der Waals surface area contributed by atoms with Crippen LogP contribution in [0.25, 0.3) is 0 Å². The lowest BCUT2D eigenvalue weighted by Gasteiger charge is -2.11. The summed E-state index contributed by atoms with van der Waals surface area (Å²) >= 11 is 11.5. The highest BCUT2D eigenvalue weighted by molar-refractivity contribution is 6.32. The fourth-order valence-corrected chi connectivity index (χ4v) is 1.84. The summed E-state index contributed by atoms with van der Waals surface area (Å²) in [4.78, 5) is 14.0. The van der Waals surface area contributed by atoms with Gasteiger partial charge in [0.1, 0.15) is 5.15 Å². The smallest absolute Gasteiger partial charge is 0.225 e. The van der Waals surface area contributed by atoms with Gasteiger partial charge in [-0.05, 0) is 29.3 Å². The molecule has 1 aromatic heterocycles. The summed E-state index contributed by atoms with van der Waals surface area (Å²) in [7, 11) is 3.99. The molecule has 19 heavy (non-hydrogen) atoms. The Balaban J connectivity index is 2.17. The molecule has 0 saturated heterocycles. The molecule has 4 nitrogen and oxygen atoms in total. The number of aliphatic imine (C=N–C) groups is 1. The largest absolute Gasteiger partial charge is 0.378 e. The average molecular weight is 295 g/mol. The maximum Gasteiger partial charge on any atom is 0.225 e. The van der Waals surface area contributed by atoms with E-state index in [9.17, 15) is 0 Å². The maximum absolute atomic E-state index is 5.77. The molecule has 1 heterocycles. The zero-order valence-electron chi connectivity index (χ0n) is 10.5. The molecule has 0 N–H and O–H groups in total. The first-order valence-electron chi connectivity index (χ1n) is 5.56. The molecule has 0 fully saturated rings. The minimum Gasteiger partial charge on any atom is -0.378 e. The number of hydrogen-bond donors (Lipinski definition) is 0. The second-order valence-corrected chi connectivity index (χ2v) is 4.79. The van der Waals surface area contributed by atoms with E-state index < -0.39 is 0 Å². The molecule has 0 saturated carbocycles. The molecule has 0 amide bonds. The zero-order chi connectivity index (χ0) is 13.8. The number of rotatable bonds is 3. The third kappa shape index (κ3) is 3.91. The molecule has 0 aliphatic heterocycles. The average Bonchev–Trinajstić information content (AvgIpc) is 2.36.